The number of amides is 1. The molecule has 0 spiro atoms. The molecule has 0 heterocycles. The average molecular weight is 388 g/mol. The van der Waals surface area contributed by atoms with E-state index < -0.39 is 12.1 Å². The van der Waals surface area contributed by atoms with Gasteiger partial charge < -0.3 is 21.0 Å². The third-order valence-corrected chi connectivity index (χ3v) is 4.50. The summed E-state index contributed by atoms with van der Waals surface area (Å²) in [6.45, 7) is 0.708. The SMILES string of the molecule is O=C([O-])C(F)(F)F.[NH3+][C@H](CC1CCCCC1)C(=O)NCCc1ccccc1. The molecule has 1 amide bonds. The summed E-state index contributed by atoms with van der Waals surface area (Å²) < 4.78 is 31.5. The number of hydrogen-bond donors (Lipinski definition) is 2. The van der Waals surface area contributed by atoms with Crippen LogP contribution in [0.3, 0.4) is 0 Å². The van der Waals surface area contributed by atoms with Crippen LogP contribution in [0.4, 0.5) is 13.2 Å². The highest BCUT2D eigenvalue weighted by Gasteiger charge is 2.28. The molecule has 1 aliphatic rings. The first-order valence-corrected chi connectivity index (χ1v) is 9.13. The molecule has 152 valence electrons. The normalized spacial score (nSPS) is 16.0. The van der Waals surface area contributed by atoms with Gasteiger partial charge in [-0.25, -0.2) is 0 Å². The van der Waals surface area contributed by atoms with E-state index in [0.29, 0.717) is 12.5 Å². The van der Waals surface area contributed by atoms with Crippen LogP contribution >= 0.6 is 0 Å². The summed E-state index contributed by atoms with van der Waals surface area (Å²) in [5, 5.41) is 11.8. The third kappa shape index (κ3) is 9.98. The van der Waals surface area contributed by atoms with Gasteiger partial charge in [-0.1, -0.05) is 62.4 Å². The largest absolute Gasteiger partial charge is 0.542 e. The van der Waals surface area contributed by atoms with Crippen LogP contribution in [0.1, 0.15) is 44.1 Å². The molecule has 1 aromatic rings. The van der Waals surface area contributed by atoms with E-state index in [4.69, 9.17) is 9.90 Å². The quantitative estimate of drug-likeness (QED) is 0.767. The summed E-state index contributed by atoms with van der Waals surface area (Å²) in [7, 11) is 0. The van der Waals surface area contributed by atoms with Gasteiger partial charge in [-0.05, 0) is 17.9 Å². The Labute approximate surface area is 157 Å². The number of carboxylic acids is 1. The second-order valence-electron chi connectivity index (χ2n) is 6.75. The van der Waals surface area contributed by atoms with Crippen LogP contribution < -0.4 is 16.2 Å². The van der Waals surface area contributed by atoms with Crippen molar-refractivity contribution >= 4 is 11.9 Å². The molecule has 0 bridgehead atoms. The minimum atomic E-state index is -5.19. The van der Waals surface area contributed by atoms with Crippen molar-refractivity contribution in [2.24, 2.45) is 5.92 Å². The lowest BCUT2D eigenvalue weighted by Crippen LogP contribution is -2.68. The Morgan fingerprint density at radius 1 is 1.15 bits per heavy atom. The van der Waals surface area contributed by atoms with Crippen molar-refractivity contribution in [2.75, 3.05) is 6.54 Å². The van der Waals surface area contributed by atoms with Crippen LogP contribution in [-0.4, -0.2) is 30.6 Å². The molecular weight excluding hydrogens is 361 g/mol. The molecule has 0 saturated heterocycles. The van der Waals surface area contributed by atoms with E-state index in [1.807, 2.05) is 18.2 Å². The predicted octanol–water partition coefficient (Wildman–Crippen LogP) is 1.22. The Kier molecular flexibility index (Phi) is 9.85. The van der Waals surface area contributed by atoms with Gasteiger partial charge >= 0.3 is 6.18 Å². The lowest BCUT2D eigenvalue weighted by atomic mass is 9.85. The maximum absolute atomic E-state index is 12.0. The predicted molar refractivity (Wildman–Crippen MR) is 92.1 cm³/mol. The fourth-order valence-electron chi connectivity index (χ4n) is 3.05. The first-order chi connectivity index (χ1) is 12.7. The smallest absolute Gasteiger partial charge is 0.430 e. The first-order valence-electron chi connectivity index (χ1n) is 9.13. The molecule has 1 aromatic carbocycles. The number of halogens is 3. The highest BCUT2D eigenvalue weighted by Crippen LogP contribution is 2.26. The lowest BCUT2D eigenvalue weighted by Gasteiger charge is -2.22. The van der Waals surface area contributed by atoms with Gasteiger partial charge in [0.05, 0.1) is 0 Å². The topological polar surface area (TPSA) is 96.9 Å². The van der Waals surface area contributed by atoms with Crippen molar-refractivity contribution in [3.05, 3.63) is 35.9 Å². The van der Waals surface area contributed by atoms with Crippen LogP contribution in [0, 0.1) is 5.92 Å². The number of carbonyl (C=O) groups excluding carboxylic acids is 2. The van der Waals surface area contributed by atoms with Crippen LogP contribution in [-0.2, 0) is 16.0 Å². The molecule has 27 heavy (non-hydrogen) atoms. The van der Waals surface area contributed by atoms with Gasteiger partial charge in [0.25, 0.3) is 5.91 Å². The van der Waals surface area contributed by atoms with Crippen LogP contribution in [0.15, 0.2) is 30.3 Å². The fraction of sp³-hybridized carbons (Fsp3) is 0.579. The molecule has 0 aromatic heterocycles. The van der Waals surface area contributed by atoms with E-state index in [0.717, 1.165) is 12.8 Å². The molecule has 8 heteroatoms. The maximum Gasteiger partial charge on any atom is 0.430 e. The van der Waals surface area contributed by atoms with Crippen LogP contribution in [0.25, 0.3) is 0 Å². The highest BCUT2D eigenvalue weighted by atomic mass is 19.4. The van der Waals surface area contributed by atoms with Gasteiger partial charge in [0, 0.05) is 13.0 Å². The molecule has 0 radical (unpaired) electrons. The standard InChI is InChI=1S/C17H26N2O.C2HF3O2/c18-16(13-15-9-5-2-6-10-15)17(20)19-12-11-14-7-3-1-4-8-14;3-2(4,5)1(6)7/h1,3-4,7-8,15-16H,2,5-6,9-13,18H2,(H,19,20);(H,6,7)/t16-;/m1./s1. The summed E-state index contributed by atoms with van der Waals surface area (Å²) in [5.41, 5.74) is 5.31. The summed E-state index contributed by atoms with van der Waals surface area (Å²) in [6, 6.07) is 10.2. The molecule has 1 fully saturated rings. The van der Waals surface area contributed by atoms with Gasteiger partial charge in [-0.3, -0.25) is 4.79 Å². The van der Waals surface area contributed by atoms with Crippen molar-refractivity contribution in [1.29, 1.82) is 0 Å². The molecule has 0 unspecified atom stereocenters. The van der Waals surface area contributed by atoms with Gasteiger partial charge in [0.15, 0.2) is 6.04 Å². The Balaban J connectivity index is 0.000000445. The molecule has 0 aliphatic heterocycles. The van der Waals surface area contributed by atoms with Gasteiger partial charge in [0.1, 0.15) is 5.97 Å². The minimum absolute atomic E-state index is 0.0890. The summed E-state index contributed by atoms with van der Waals surface area (Å²) in [5.74, 6) is -2.18. The first kappa shape index (κ1) is 23.0. The van der Waals surface area contributed by atoms with E-state index in [9.17, 15) is 18.0 Å². The molecular formula is C19H27F3N2O3. The molecule has 4 N–H and O–H groups in total. The number of aliphatic carboxylic acids is 1. The van der Waals surface area contributed by atoms with E-state index in [2.05, 4.69) is 23.2 Å². The molecule has 2 rings (SSSR count). The zero-order chi connectivity index (χ0) is 20.3. The summed E-state index contributed by atoms with van der Waals surface area (Å²) in [6.07, 6.45) is 3.23. The number of rotatable bonds is 6. The van der Waals surface area contributed by atoms with E-state index in [-0.39, 0.29) is 11.9 Å². The summed E-state index contributed by atoms with van der Waals surface area (Å²) >= 11 is 0. The summed E-state index contributed by atoms with van der Waals surface area (Å²) in [4.78, 5) is 20.8. The number of carbonyl (C=O) groups is 2. The molecule has 1 saturated carbocycles. The van der Waals surface area contributed by atoms with Crippen LogP contribution in [0.5, 0.6) is 0 Å². The fourth-order valence-corrected chi connectivity index (χ4v) is 3.05. The number of hydrogen-bond acceptors (Lipinski definition) is 3. The molecule has 1 atom stereocenters. The van der Waals surface area contributed by atoms with Gasteiger partial charge in [0.2, 0.25) is 0 Å². The third-order valence-electron chi connectivity index (χ3n) is 4.50. The maximum atomic E-state index is 12.0. The van der Waals surface area contributed by atoms with Crippen molar-refractivity contribution in [3.8, 4) is 0 Å². The number of alkyl halides is 3. The second-order valence-corrected chi connectivity index (χ2v) is 6.75. The van der Waals surface area contributed by atoms with E-state index in [1.165, 1.54) is 37.7 Å². The Morgan fingerprint density at radius 2 is 1.70 bits per heavy atom. The van der Waals surface area contributed by atoms with Crippen LogP contribution in [0.2, 0.25) is 0 Å². The lowest BCUT2D eigenvalue weighted by molar-refractivity contribution is -0.407. The zero-order valence-electron chi connectivity index (χ0n) is 15.3. The zero-order valence-corrected chi connectivity index (χ0v) is 15.3. The average Bonchev–Trinajstić information content (AvgIpc) is 2.63. The van der Waals surface area contributed by atoms with Gasteiger partial charge in [-0.15, -0.1) is 0 Å². The van der Waals surface area contributed by atoms with E-state index in [1.54, 1.807) is 0 Å². The number of benzene rings is 1. The Morgan fingerprint density at radius 3 is 2.22 bits per heavy atom. The number of carboxylic acid groups (broad SMARTS) is 1. The van der Waals surface area contributed by atoms with Crippen molar-refractivity contribution < 1.29 is 33.6 Å². The number of nitrogens with one attached hydrogen (secondary N) is 1. The Bertz CT molecular complexity index is 573. The van der Waals surface area contributed by atoms with Crippen molar-refractivity contribution in [2.45, 2.75) is 57.2 Å². The monoisotopic (exact) mass is 388 g/mol. The molecule has 1 aliphatic carbocycles. The second kappa shape index (κ2) is 11.6. The van der Waals surface area contributed by atoms with Crippen molar-refractivity contribution in [3.63, 3.8) is 0 Å². The van der Waals surface area contributed by atoms with Gasteiger partial charge in [-0.2, -0.15) is 13.2 Å². The van der Waals surface area contributed by atoms with E-state index >= 15 is 0 Å². The van der Waals surface area contributed by atoms with Crippen molar-refractivity contribution in [1.82, 2.24) is 5.32 Å². The highest BCUT2D eigenvalue weighted by molar-refractivity contribution is 5.80. The Hall–Kier alpha value is -2.09. The minimum Gasteiger partial charge on any atom is -0.542 e. The molecule has 5 nitrogen and oxygen atoms in total. The number of quaternary nitrogens is 1.